The number of carbonyl (C=O) groups excluding carboxylic acids is 1. The van der Waals surface area contributed by atoms with E-state index in [1.165, 1.54) is 0 Å². The Kier molecular flexibility index (Phi) is 6.59. The second kappa shape index (κ2) is 6.89. The number of esters is 1. The molecule has 3 heteroatoms. The first-order valence-electron chi connectivity index (χ1n) is 4.86. The third kappa shape index (κ3) is 6.58. The fourth-order valence-electron chi connectivity index (χ4n) is 0.762. The maximum atomic E-state index is 11.1. The van der Waals surface area contributed by atoms with E-state index in [4.69, 9.17) is 9.47 Å². The van der Waals surface area contributed by atoms with Crippen molar-refractivity contribution < 1.29 is 14.3 Å². The van der Waals surface area contributed by atoms with Crippen LogP contribution >= 0.6 is 0 Å². The van der Waals surface area contributed by atoms with Crippen molar-refractivity contribution in [2.24, 2.45) is 5.92 Å². The van der Waals surface area contributed by atoms with E-state index in [-0.39, 0.29) is 18.0 Å². The molecule has 0 aromatic carbocycles. The first-order valence-corrected chi connectivity index (χ1v) is 4.86. The molecule has 1 unspecified atom stereocenters. The second-order valence-corrected chi connectivity index (χ2v) is 3.48. The van der Waals surface area contributed by atoms with E-state index in [9.17, 15) is 4.79 Å². The first-order chi connectivity index (χ1) is 6.07. The van der Waals surface area contributed by atoms with Gasteiger partial charge in [-0.25, -0.2) is 0 Å². The molecule has 0 N–H and O–H groups in total. The van der Waals surface area contributed by atoms with Crippen molar-refractivity contribution in [3.8, 4) is 0 Å². The quantitative estimate of drug-likeness (QED) is 0.472. The van der Waals surface area contributed by atoms with Crippen molar-refractivity contribution in [3.05, 3.63) is 0 Å². The lowest BCUT2D eigenvalue weighted by molar-refractivity contribution is -0.154. The minimum absolute atomic E-state index is 0.0615. The van der Waals surface area contributed by atoms with E-state index in [0.717, 1.165) is 13.0 Å². The molecule has 0 saturated carbocycles. The van der Waals surface area contributed by atoms with Gasteiger partial charge in [-0.05, 0) is 13.3 Å². The Balaban J connectivity index is 3.50. The smallest absolute Gasteiger partial charge is 0.308 e. The van der Waals surface area contributed by atoms with Gasteiger partial charge in [0.2, 0.25) is 0 Å². The van der Waals surface area contributed by atoms with Gasteiger partial charge in [-0.2, -0.15) is 0 Å². The van der Waals surface area contributed by atoms with Crippen LogP contribution in [0.15, 0.2) is 0 Å². The van der Waals surface area contributed by atoms with Gasteiger partial charge in [0, 0.05) is 6.61 Å². The third-order valence-electron chi connectivity index (χ3n) is 1.49. The van der Waals surface area contributed by atoms with Crippen molar-refractivity contribution in [1.82, 2.24) is 0 Å². The summed E-state index contributed by atoms with van der Waals surface area (Å²) in [6.45, 7) is 8.75. The zero-order valence-electron chi connectivity index (χ0n) is 9.00. The van der Waals surface area contributed by atoms with Crippen LogP contribution in [0.1, 0.15) is 34.1 Å². The molecule has 0 aliphatic rings. The second-order valence-electron chi connectivity index (χ2n) is 3.48. The molecule has 0 rings (SSSR count). The molecule has 0 aromatic rings. The Morgan fingerprint density at radius 1 is 1.31 bits per heavy atom. The molecule has 0 aliphatic carbocycles. The molecule has 13 heavy (non-hydrogen) atoms. The third-order valence-corrected chi connectivity index (χ3v) is 1.49. The van der Waals surface area contributed by atoms with Gasteiger partial charge < -0.3 is 9.47 Å². The minimum Gasteiger partial charge on any atom is -0.460 e. The van der Waals surface area contributed by atoms with Gasteiger partial charge in [0.05, 0.1) is 12.5 Å². The maximum Gasteiger partial charge on any atom is 0.308 e. The topological polar surface area (TPSA) is 35.5 Å². The molecule has 0 spiro atoms. The van der Waals surface area contributed by atoms with Crippen molar-refractivity contribution in [2.75, 3.05) is 13.2 Å². The Labute approximate surface area is 80.4 Å². The van der Waals surface area contributed by atoms with Crippen molar-refractivity contribution in [1.29, 1.82) is 0 Å². The number of rotatable bonds is 6. The van der Waals surface area contributed by atoms with E-state index in [1.54, 1.807) is 0 Å². The Hall–Kier alpha value is -0.570. The Bertz CT molecular complexity index is 143. The van der Waals surface area contributed by atoms with Gasteiger partial charge >= 0.3 is 5.97 Å². The van der Waals surface area contributed by atoms with Crippen LogP contribution in [-0.2, 0) is 14.3 Å². The normalized spacial score (nSPS) is 13.0. The molecule has 0 amide bonds. The Morgan fingerprint density at radius 2 is 1.92 bits per heavy atom. The van der Waals surface area contributed by atoms with Crippen LogP contribution in [0.2, 0.25) is 0 Å². The lowest BCUT2D eigenvalue weighted by Gasteiger charge is -2.14. The molecule has 0 fully saturated rings. The van der Waals surface area contributed by atoms with Crippen LogP contribution in [0, 0.1) is 5.92 Å². The lowest BCUT2D eigenvalue weighted by atomic mass is 10.2. The monoisotopic (exact) mass is 188 g/mol. The zero-order valence-corrected chi connectivity index (χ0v) is 9.00. The highest BCUT2D eigenvalue weighted by Crippen LogP contribution is 2.00. The molecule has 0 heterocycles. The van der Waals surface area contributed by atoms with E-state index in [2.05, 4.69) is 0 Å². The summed E-state index contributed by atoms with van der Waals surface area (Å²) in [5, 5.41) is 0. The summed E-state index contributed by atoms with van der Waals surface area (Å²) in [5.74, 6) is -0.221. The molecule has 1 atom stereocenters. The van der Waals surface area contributed by atoms with E-state index < -0.39 is 0 Å². The van der Waals surface area contributed by atoms with E-state index in [0.29, 0.717) is 6.61 Å². The molecule has 3 nitrogen and oxygen atoms in total. The molecule has 0 radical (unpaired) electrons. The highest BCUT2D eigenvalue weighted by atomic mass is 16.6. The molecule has 78 valence electrons. The summed E-state index contributed by atoms with van der Waals surface area (Å²) >= 11 is 0. The summed E-state index contributed by atoms with van der Waals surface area (Å²) in [4.78, 5) is 11.1. The fourth-order valence-corrected chi connectivity index (χ4v) is 0.762. The predicted molar refractivity (Wildman–Crippen MR) is 51.5 cm³/mol. The first kappa shape index (κ1) is 12.4. The number of hydrogen-bond acceptors (Lipinski definition) is 3. The SMILES string of the molecule is CCCOCC(C)OC(=O)C(C)C. The lowest BCUT2D eigenvalue weighted by Crippen LogP contribution is -2.23. The van der Waals surface area contributed by atoms with Gasteiger partial charge in [-0.1, -0.05) is 20.8 Å². The van der Waals surface area contributed by atoms with Gasteiger partial charge in [0.15, 0.2) is 0 Å². The van der Waals surface area contributed by atoms with Crippen molar-refractivity contribution >= 4 is 5.97 Å². The largest absolute Gasteiger partial charge is 0.460 e. The average molecular weight is 188 g/mol. The van der Waals surface area contributed by atoms with Crippen LogP contribution in [0.3, 0.4) is 0 Å². The molecule has 0 bridgehead atoms. The summed E-state index contributed by atoms with van der Waals surface area (Å²) in [5.41, 5.74) is 0. The summed E-state index contributed by atoms with van der Waals surface area (Å²) < 4.78 is 10.3. The van der Waals surface area contributed by atoms with Gasteiger partial charge in [0.25, 0.3) is 0 Å². The average Bonchev–Trinajstić information content (AvgIpc) is 2.04. The van der Waals surface area contributed by atoms with E-state index in [1.807, 2.05) is 27.7 Å². The van der Waals surface area contributed by atoms with E-state index >= 15 is 0 Å². The fraction of sp³-hybridized carbons (Fsp3) is 0.900. The molecular formula is C10H20O3. The van der Waals surface area contributed by atoms with Crippen molar-refractivity contribution in [3.63, 3.8) is 0 Å². The predicted octanol–water partition coefficient (Wildman–Crippen LogP) is 2.00. The van der Waals surface area contributed by atoms with Crippen molar-refractivity contribution in [2.45, 2.75) is 40.2 Å². The van der Waals surface area contributed by atoms with Crippen LogP contribution in [0.5, 0.6) is 0 Å². The highest BCUT2D eigenvalue weighted by molar-refractivity contribution is 5.71. The standard InChI is InChI=1S/C10H20O3/c1-5-6-12-7-9(4)13-10(11)8(2)3/h8-9H,5-7H2,1-4H3. The summed E-state index contributed by atoms with van der Waals surface area (Å²) in [6, 6.07) is 0. The van der Waals surface area contributed by atoms with Crippen LogP contribution in [-0.4, -0.2) is 25.3 Å². The van der Waals surface area contributed by atoms with Gasteiger partial charge in [-0.3, -0.25) is 4.79 Å². The molecule has 0 saturated heterocycles. The van der Waals surface area contributed by atoms with Crippen LogP contribution in [0.25, 0.3) is 0 Å². The number of ether oxygens (including phenoxy) is 2. The minimum atomic E-state index is -0.160. The molecular weight excluding hydrogens is 168 g/mol. The Morgan fingerprint density at radius 3 is 2.38 bits per heavy atom. The summed E-state index contributed by atoms with van der Waals surface area (Å²) in [7, 11) is 0. The maximum absolute atomic E-state index is 11.1. The van der Waals surface area contributed by atoms with Crippen LogP contribution in [0.4, 0.5) is 0 Å². The highest BCUT2D eigenvalue weighted by Gasteiger charge is 2.12. The summed E-state index contributed by atoms with van der Waals surface area (Å²) in [6.07, 6.45) is 0.853. The molecule has 0 aromatic heterocycles. The van der Waals surface area contributed by atoms with Gasteiger partial charge in [0.1, 0.15) is 6.10 Å². The number of carbonyl (C=O) groups is 1. The van der Waals surface area contributed by atoms with Gasteiger partial charge in [-0.15, -0.1) is 0 Å². The molecule has 0 aliphatic heterocycles. The van der Waals surface area contributed by atoms with Crippen LogP contribution < -0.4 is 0 Å². The number of hydrogen-bond donors (Lipinski definition) is 0. The zero-order chi connectivity index (χ0) is 10.3.